The van der Waals surface area contributed by atoms with Gasteiger partial charge in [-0.3, -0.25) is 14.6 Å². The summed E-state index contributed by atoms with van der Waals surface area (Å²) in [7, 11) is 0. The summed E-state index contributed by atoms with van der Waals surface area (Å²) in [4.78, 5) is 32.7. The highest BCUT2D eigenvalue weighted by Gasteiger charge is 2.44. The van der Waals surface area contributed by atoms with Gasteiger partial charge in [-0.2, -0.15) is 0 Å². The third kappa shape index (κ3) is 5.96. The minimum atomic E-state index is -0.640. The quantitative estimate of drug-likeness (QED) is 0.705. The zero-order valence-corrected chi connectivity index (χ0v) is 20.1. The first-order valence-electron chi connectivity index (χ1n) is 11.7. The van der Waals surface area contributed by atoms with E-state index in [0.717, 1.165) is 36.1 Å². The number of amides is 2. The summed E-state index contributed by atoms with van der Waals surface area (Å²) in [5, 5.41) is 3.15. The molecule has 2 heterocycles. The minimum absolute atomic E-state index is 0.0466. The van der Waals surface area contributed by atoms with Gasteiger partial charge in [-0.1, -0.05) is 45.0 Å². The predicted molar refractivity (Wildman–Crippen MR) is 129 cm³/mol. The van der Waals surface area contributed by atoms with Crippen molar-refractivity contribution in [2.45, 2.75) is 66.3 Å². The third-order valence-corrected chi connectivity index (χ3v) is 6.05. The maximum Gasteiger partial charge on any atom is 0.228 e. The summed E-state index contributed by atoms with van der Waals surface area (Å²) < 4.78 is 0. The van der Waals surface area contributed by atoms with E-state index in [1.807, 2.05) is 43.0 Å². The molecule has 2 amide bonds. The van der Waals surface area contributed by atoms with E-state index in [9.17, 15) is 9.59 Å². The molecule has 0 radical (unpaired) electrons. The minimum Gasteiger partial charge on any atom is -0.353 e. The number of nitrogens with zero attached hydrogens (tertiary/aromatic N) is 2. The molecule has 1 aliphatic rings. The zero-order valence-electron chi connectivity index (χ0n) is 20.1. The molecule has 1 atom stereocenters. The van der Waals surface area contributed by atoms with Gasteiger partial charge in [0.2, 0.25) is 11.8 Å². The number of benzene rings is 1. The second-order valence-electron chi connectivity index (χ2n) is 10.6. The normalized spacial score (nSPS) is 19.1. The maximum atomic E-state index is 13.6. The fourth-order valence-corrected chi connectivity index (χ4v) is 4.59. The molecule has 3 rings (SSSR count). The molecule has 1 saturated heterocycles. The third-order valence-electron chi connectivity index (χ3n) is 6.05. The van der Waals surface area contributed by atoms with E-state index >= 15 is 0 Å². The number of likely N-dealkylation sites (tertiary alicyclic amines) is 1. The fourth-order valence-electron chi connectivity index (χ4n) is 4.59. The average Bonchev–Trinajstić information content (AvgIpc) is 2.73. The lowest BCUT2D eigenvalue weighted by atomic mass is 9.72. The molecule has 1 unspecified atom stereocenters. The van der Waals surface area contributed by atoms with Gasteiger partial charge in [0.05, 0.1) is 5.41 Å². The smallest absolute Gasteiger partial charge is 0.228 e. The number of nitrogens with one attached hydrogen (secondary N) is 1. The number of rotatable bonds is 6. The Morgan fingerprint density at radius 3 is 2.47 bits per heavy atom. The molecule has 0 spiro atoms. The van der Waals surface area contributed by atoms with Crippen LogP contribution in [0.3, 0.4) is 0 Å². The summed E-state index contributed by atoms with van der Waals surface area (Å²) >= 11 is 0. The van der Waals surface area contributed by atoms with Crippen LogP contribution < -0.4 is 5.32 Å². The number of hydrogen-bond donors (Lipinski definition) is 1. The van der Waals surface area contributed by atoms with Crippen molar-refractivity contribution in [1.82, 2.24) is 15.2 Å². The Morgan fingerprint density at radius 1 is 1.12 bits per heavy atom. The fraction of sp³-hybridized carbons (Fsp3) is 0.519. The maximum absolute atomic E-state index is 13.6. The van der Waals surface area contributed by atoms with Gasteiger partial charge in [0, 0.05) is 37.9 Å². The second-order valence-corrected chi connectivity index (χ2v) is 10.6. The Hall–Kier alpha value is -2.69. The number of piperidine rings is 1. The van der Waals surface area contributed by atoms with Gasteiger partial charge in [0.15, 0.2) is 0 Å². The summed E-state index contributed by atoms with van der Waals surface area (Å²) in [6.07, 6.45) is 6.28. The zero-order chi connectivity index (χ0) is 23.4. The van der Waals surface area contributed by atoms with E-state index in [1.165, 1.54) is 0 Å². The van der Waals surface area contributed by atoms with Crippen LogP contribution in [0.25, 0.3) is 11.1 Å². The van der Waals surface area contributed by atoms with E-state index < -0.39 is 5.41 Å². The summed E-state index contributed by atoms with van der Waals surface area (Å²) in [5.41, 5.74) is 2.61. The van der Waals surface area contributed by atoms with Crippen molar-refractivity contribution < 1.29 is 9.59 Å². The number of hydrogen-bond acceptors (Lipinski definition) is 3. The Morgan fingerprint density at radius 2 is 1.81 bits per heavy atom. The topological polar surface area (TPSA) is 62.3 Å². The van der Waals surface area contributed by atoms with Gasteiger partial charge in [-0.25, -0.2) is 0 Å². The highest BCUT2D eigenvalue weighted by atomic mass is 16.2. The van der Waals surface area contributed by atoms with E-state index in [-0.39, 0.29) is 23.3 Å². The molecule has 2 aromatic rings. The van der Waals surface area contributed by atoms with E-state index in [4.69, 9.17) is 0 Å². The molecular weight excluding hydrogens is 398 g/mol. The average molecular weight is 436 g/mol. The predicted octanol–water partition coefficient (Wildman–Crippen LogP) is 4.86. The van der Waals surface area contributed by atoms with E-state index in [1.54, 1.807) is 12.4 Å². The summed E-state index contributed by atoms with van der Waals surface area (Å²) in [6.45, 7) is 11.4. The molecule has 1 aromatic carbocycles. The molecular formula is C27H37N3O2. The van der Waals surface area contributed by atoms with Crippen molar-refractivity contribution >= 4 is 11.8 Å². The van der Waals surface area contributed by atoms with E-state index in [0.29, 0.717) is 19.4 Å². The van der Waals surface area contributed by atoms with Crippen LogP contribution >= 0.6 is 0 Å². The molecule has 5 nitrogen and oxygen atoms in total. The lowest BCUT2D eigenvalue weighted by molar-refractivity contribution is -0.143. The van der Waals surface area contributed by atoms with Crippen LogP contribution in [0.2, 0.25) is 0 Å². The first-order chi connectivity index (χ1) is 15.1. The molecule has 172 valence electrons. The van der Waals surface area contributed by atoms with Crippen LogP contribution in [0, 0.1) is 10.8 Å². The standard InChI is InChI=1S/C27H37N3O2/c1-20(2)29-25(32)27(13-8-16-30(19-27)24(31)18-26(3,4)5)17-22-9-6-7-10-23(22)21-11-14-28-15-12-21/h6-7,9-12,14-15,20H,8,13,16-19H2,1-5H3,(H,29,32). The number of pyridine rings is 1. The lowest BCUT2D eigenvalue weighted by Gasteiger charge is -2.43. The van der Waals surface area contributed by atoms with Crippen molar-refractivity contribution in [2.75, 3.05) is 13.1 Å². The van der Waals surface area contributed by atoms with Gasteiger partial charge in [-0.05, 0) is 67.3 Å². The molecule has 0 aliphatic carbocycles. The van der Waals surface area contributed by atoms with Crippen LogP contribution in [-0.4, -0.2) is 40.8 Å². The van der Waals surface area contributed by atoms with Crippen molar-refractivity contribution in [3.63, 3.8) is 0 Å². The molecule has 1 N–H and O–H groups in total. The monoisotopic (exact) mass is 435 g/mol. The van der Waals surface area contributed by atoms with Crippen LogP contribution in [-0.2, 0) is 16.0 Å². The largest absolute Gasteiger partial charge is 0.353 e. The van der Waals surface area contributed by atoms with E-state index in [2.05, 4.69) is 43.2 Å². The van der Waals surface area contributed by atoms with Gasteiger partial charge >= 0.3 is 0 Å². The highest BCUT2D eigenvalue weighted by molar-refractivity contribution is 5.86. The van der Waals surface area contributed by atoms with Crippen LogP contribution in [0.5, 0.6) is 0 Å². The van der Waals surface area contributed by atoms with Gasteiger partial charge < -0.3 is 10.2 Å². The highest BCUT2D eigenvalue weighted by Crippen LogP contribution is 2.38. The lowest BCUT2D eigenvalue weighted by Crippen LogP contribution is -2.55. The molecule has 32 heavy (non-hydrogen) atoms. The molecule has 1 aromatic heterocycles. The summed E-state index contributed by atoms with van der Waals surface area (Å²) in [6, 6.07) is 12.3. The molecule has 0 saturated carbocycles. The van der Waals surface area contributed by atoms with Crippen molar-refractivity contribution in [3.05, 3.63) is 54.4 Å². The van der Waals surface area contributed by atoms with Crippen molar-refractivity contribution in [2.24, 2.45) is 10.8 Å². The Balaban J connectivity index is 1.96. The first kappa shape index (κ1) is 24.0. The van der Waals surface area contributed by atoms with Crippen LogP contribution in [0.1, 0.15) is 59.4 Å². The molecule has 5 heteroatoms. The Labute approximate surface area is 192 Å². The second kappa shape index (κ2) is 9.85. The Kier molecular flexibility index (Phi) is 7.37. The number of aromatic nitrogens is 1. The van der Waals surface area contributed by atoms with Crippen LogP contribution in [0.15, 0.2) is 48.8 Å². The molecule has 0 bridgehead atoms. The van der Waals surface area contributed by atoms with Crippen molar-refractivity contribution in [3.8, 4) is 11.1 Å². The molecule has 1 aliphatic heterocycles. The van der Waals surface area contributed by atoms with Gasteiger partial charge in [0.1, 0.15) is 0 Å². The Bertz CT molecular complexity index is 933. The first-order valence-corrected chi connectivity index (χ1v) is 11.7. The van der Waals surface area contributed by atoms with Gasteiger partial charge in [0.25, 0.3) is 0 Å². The SMILES string of the molecule is CC(C)NC(=O)C1(Cc2ccccc2-c2ccncc2)CCCN(C(=O)CC(C)(C)C)C1. The van der Waals surface area contributed by atoms with Crippen molar-refractivity contribution in [1.29, 1.82) is 0 Å². The number of carbonyl (C=O) groups excluding carboxylic acids is 2. The number of carbonyl (C=O) groups is 2. The van der Waals surface area contributed by atoms with Gasteiger partial charge in [-0.15, -0.1) is 0 Å². The molecule has 1 fully saturated rings. The van der Waals surface area contributed by atoms with Crippen LogP contribution in [0.4, 0.5) is 0 Å². The summed E-state index contributed by atoms with van der Waals surface area (Å²) in [5.74, 6) is 0.187.